The van der Waals surface area contributed by atoms with E-state index in [1.807, 2.05) is 0 Å². The van der Waals surface area contributed by atoms with Crippen molar-refractivity contribution in [3.05, 3.63) is 17.9 Å². The third-order valence-electron chi connectivity index (χ3n) is 1.95. The number of rotatable bonds is 3. The van der Waals surface area contributed by atoms with Crippen molar-refractivity contribution >= 4 is 5.97 Å². The number of carbonyl (C=O) groups is 1. The van der Waals surface area contributed by atoms with Crippen molar-refractivity contribution in [1.29, 1.82) is 0 Å². The van der Waals surface area contributed by atoms with Crippen LogP contribution in [0.5, 0.6) is 17.2 Å². The summed E-state index contributed by atoms with van der Waals surface area (Å²) < 4.78 is 28.5. The Kier molecular flexibility index (Phi) is 2.80. The summed E-state index contributed by atoms with van der Waals surface area (Å²) in [7, 11) is 0. The Morgan fingerprint density at radius 2 is 2.00 bits per heavy atom. The first-order valence-corrected chi connectivity index (χ1v) is 4.60. The monoisotopic (exact) mass is 228 g/mol. The lowest BCUT2D eigenvalue weighted by atomic mass is 10.2. The van der Waals surface area contributed by atoms with Gasteiger partial charge in [0.25, 0.3) is 0 Å². The lowest BCUT2D eigenvalue weighted by molar-refractivity contribution is -0.139. The Morgan fingerprint density at radius 3 is 2.62 bits per heavy atom. The summed E-state index contributed by atoms with van der Waals surface area (Å²) in [6, 6.07) is 2.40. The molecular formula is C10H9FO5. The van der Waals surface area contributed by atoms with Gasteiger partial charge in [-0.2, -0.15) is 0 Å². The Bertz CT molecular complexity index is 418. The van der Waals surface area contributed by atoms with Crippen molar-refractivity contribution in [2.24, 2.45) is 0 Å². The van der Waals surface area contributed by atoms with Crippen LogP contribution < -0.4 is 14.2 Å². The normalized spacial score (nSPS) is 13.3. The molecule has 16 heavy (non-hydrogen) atoms. The van der Waals surface area contributed by atoms with Crippen LogP contribution in [0.3, 0.4) is 0 Å². The molecule has 1 aliphatic heterocycles. The summed E-state index contributed by atoms with van der Waals surface area (Å²) in [6.45, 7) is 0.134. The number of carboxylic acid groups (broad SMARTS) is 1. The molecule has 1 aliphatic rings. The second-order valence-electron chi connectivity index (χ2n) is 3.11. The number of halogens is 1. The minimum Gasteiger partial charge on any atom is -0.486 e. The van der Waals surface area contributed by atoms with Gasteiger partial charge >= 0.3 is 5.97 Å². The fourth-order valence-electron chi connectivity index (χ4n) is 1.30. The number of hydrogen-bond acceptors (Lipinski definition) is 4. The van der Waals surface area contributed by atoms with Gasteiger partial charge in [0.05, 0.1) is 0 Å². The van der Waals surface area contributed by atoms with Gasteiger partial charge in [0, 0.05) is 12.1 Å². The summed E-state index contributed by atoms with van der Waals surface area (Å²) in [5, 5.41) is 8.40. The molecule has 0 atom stereocenters. The summed E-state index contributed by atoms with van der Waals surface area (Å²) in [5.74, 6) is -1.36. The molecular weight excluding hydrogens is 219 g/mol. The van der Waals surface area contributed by atoms with Crippen LogP contribution in [-0.4, -0.2) is 30.9 Å². The second-order valence-corrected chi connectivity index (χ2v) is 3.11. The largest absolute Gasteiger partial charge is 0.486 e. The highest BCUT2D eigenvalue weighted by Crippen LogP contribution is 2.35. The molecule has 86 valence electrons. The SMILES string of the molecule is O=C(O)COc1cc2c(cc1F)OCCO2. The number of ether oxygens (including phenoxy) is 3. The average Bonchev–Trinajstić information content (AvgIpc) is 2.26. The number of benzene rings is 1. The third-order valence-corrected chi connectivity index (χ3v) is 1.95. The summed E-state index contributed by atoms with van der Waals surface area (Å²) >= 11 is 0. The molecule has 0 saturated carbocycles. The van der Waals surface area contributed by atoms with Crippen LogP contribution >= 0.6 is 0 Å². The standard InChI is InChI=1S/C10H9FO5/c11-6-3-8-9(15-2-1-14-8)4-7(6)16-5-10(12)13/h3-4H,1-2,5H2,(H,12,13). The van der Waals surface area contributed by atoms with E-state index >= 15 is 0 Å². The van der Waals surface area contributed by atoms with E-state index in [9.17, 15) is 9.18 Å². The highest BCUT2D eigenvalue weighted by atomic mass is 19.1. The predicted octanol–water partition coefficient (Wildman–Crippen LogP) is 1.06. The first-order valence-electron chi connectivity index (χ1n) is 4.60. The molecule has 5 nitrogen and oxygen atoms in total. The zero-order valence-corrected chi connectivity index (χ0v) is 8.23. The molecule has 0 spiro atoms. The van der Waals surface area contributed by atoms with Gasteiger partial charge in [-0.15, -0.1) is 0 Å². The fraction of sp³-hybridized carbons (Fsp3) is 0.300. The van der Waals surface area contributed by atoms with Gasteiger partial charge in [0.1, 0.15) is 13.2 Å². The first-order chi connectivity index (χ1) is 7.66. The number of fused-ring (bicyclic) bond motifs is 1. The van der Waals surface area contributed by atoms with Crippen molar-refractivity contribution in [2.75, 3.05) is 19.8 Å². The van der Waals surface area contributed by atoms with Gasteiger partial charge < -0.3 is 19.3 Å². The van der Waals surface area contributed by atoms with Crippen LogP contribution in [0.1, 0.15) is 0 Å². The van der Waals surface area contributed by atoms with Crippen LogP contribution in [0.4, 0.5) is 4.39 Å². The van der Waals surface area contributed by atoms with Crippen molar-refractivity contribution in [3.8, 4) is 17.2 Å². The zero-order valence-electron chi connectivity index (χ0n) is 8.23. The molecule has 0 fully saturated rings. The van der Waals surface area contributed by atoms with Crippen LogP contribution in [0.25, 0.3) is 0 Å². The summed E-state index contributed by atoms with van der Waals surface area (Å²) in [4.78, 5) is 10.3. The van der Waals surface area contributed by atoms with E-state index in [-0.39, 0.29) is 5.75 Å². The molecule has 1 aromatic carbocycles. The number of carboxylic acids is 1. The van der Waals surface area contributed by atoms with Crippen LogP contribution in [0.2, 0.25) is 0 Å². The smallest absolute Gasteiger partial charge is 0.341 e. The van der Waals surface area contributed by atoms with Crippen molar-refractivity contribution < 1.29 is 28.5 Å². The lowest BCUT2D eigenvalue weighted by Gasteiger charge is -2.19. The topological polar surface area (TPSA) is 65.0 Å². The Balaban J connectivity index is 2.21. The lowest BCUT2D eigenvalue weighted by Crippen LogP contribution is -2.16. The van der Waals surface area contributed by atoms with E-state index in [1.54, 1.807) is 0 Å². The minimum atomic E-state index is -1.17. The quantitative estimate of drug-likeness (QED) is 0.837. The number of hydrogen-bond donors (Lipinski definition) is 1. The van der Waals surface area contributed by atoms with E-state index in [1.165, 1.54) is 6.07 Å². The van der Waals surface area contributed by atoms with Gasteiger partial charge in [0.2, 0.25) is 0 Å². The Labute approximate surface area is 90.3 Å². The summed E-state index contributed by atoms with van der Waals surface area (Å²) in [5.41, 5.74) is 0. The molecule has 1 heterocycles. The highest BCUT2D eigenvalue weighted by molar-refractivity contribution is 5.68. The zero-order chi connectivity index (χ0) is 11.5. The highest BCUT2D eigenvalue weighted by Gasteiger charge is 2.17. The molecule has 0 amide bonds. The molecule has 0 saturated heterocycles. The molecule has 2 rings (SSSR count). The van der Waals surface area contributed by atoms with E-state index in [0.717, 1.165) is 6.07 Å². The van der Waals surface area contributed by atoms with Crippen LogP contribution in [-0.2, 0) is 4.79 Å². The fourth-order valence-corrected chi connectivity index (χ4v) is 1.30. The van der Waals surface area contributed by atoms with E-state index in [2.05, 4.69) is 0 Å². The molecule has 0 aliphatic carbocycles. The first kappa shape index (κ1) is 10.5. The van der Waals surface area contributed by atoms with Crippen molar-refractivity contribution in [1.82, 2.24) is 0 Å². The maximum atomic E-state index is 13.4. The number of aliphatic carboxylic acids is 1. The molecule has 0 radical (unpaired) electrons. The van der Waals surface area contributed by atoms with E-state index in [0.29, 0.717) is 24.7 Å². The maximum Gasteiger partial charge on any atom is 0.341 e. The Hall–Kier alpha value is -1.98. The van der Waals surface area contributed by atoms with E-state index in [4.69, 9.17) is 19.3 Å². The van der Waals surface area contributed by atoms with Crippen LogP contribution in [0.15, 0.2) is 12.1 Å². The Morgan fingerprint density at radius 1 is 1.38 bits per heavy atom. The average molecular weight is 228 g/mol. The van der Waals surface area contributed by atoms with Crippen molar-refractivity contribution in [2.45, 2.75) is 0 Å². The van der Waals surface area contributed by atoms with Gasteiger partial charge in [-0.3, -0.25) is 0 Å². The molecule has 0 bridgehead atoms. The van der Waals surface area contributed by atoms with Crippen molar-refractivity contribution in [3.63, 3.8) is 0 Å². The third kappa shape index (κ3) is 2.16. The maximum absolute atomic E-state index is 13.4. The predicted molar refractivity (Wildman–Crippen MR) is 50.5 cm³/mol. The second kappa shape index (κ2) is 4.26. The molecule has 0 aromatic heterocycles. The van der Waals surface area contributed by atoms with E-state index < -0.39 is 18.4 Å². The summed E-state index contributed by atoms with van der Waals surface area (Å²) in [6.07, 6.45) is 0. The van der Waals surface area contributed by atoms with Gasteiger partial charge in [-0.1, -0.05) is 0 Å². The molecule has 1 aromatic rings. The van der Waals surface area contributed by atoms with Gasteiger partial charge in [0.15, 0.2) is 29.7 Å². The van der Waals surface area contributed by atoms with Crippen LogP contribution in [0, 0.1) is 5.82 Å². The van der Waals surface area contributed by atoms with Gasteiger partial charge in [-0.05, 0) is 0 Å². The molecule has 6 heteroatoms. The van der Waals surface area contributed by atoms with Gasteiger partial charge in [-0.25, -0.2) is 9.18 Å². The molecule has 0 unspecified atom stereocenters. The minimum absolute atomic E-state index is 0.161. The molecule has 1 N–H and O–H groups in total.